The zero-order chi connectivity index (χ0) is 54.8. The average Bonchev–Trinajstić information content (AvgIpc) is 3.92. The van der Waals surface area contributed by atoms with Crippen LogP contribution in [0, 0.1) is 5.41 Å². The van der Waals surface area contributed by atoms with E-state index in [1.165, 1.54) is 40.4 Å². The van der Waals surface area contributed by atoms with Crippen LogP contribution in [0.2, 0.25) is 0 Å². The molecule has 1 aromatic heterocycles. The summed E-state index contributed by atoms with van der Waals surface area (Å²) in [5, 5.41) is 2.59. The molecule has 5 heterocycles. The van der Waals surface area contributed by atoms with Gasteiger partial charge in [0.05, 0.1) is 70.0 Å². The summed E-state index contributed by atoms with van der Waals surface area (Å²) in [5.41, 5.74) is 3.06. The highest BCUT2D eigenvalue weighted by Crippen LogP contribution is 2.46. The number of hydroxylamine groups is 6. The molecule has 24 heteroatoms. The van der Waals surface area contributed by atoms with Gasteiger partial charge in [-0.15, -0.1) is 5.06 Å². The number of aliphatic imine (C=N–C) groups is 2. The van der Waals surface area contributed by atoms with E-state index in [9.17, 15) is 49.9 Å². The Labute approximate surface area is 435 Å². The Morgan fingerprint density at radius 2 is 1.52 bits per heavy atom. The first-order valence-corrected chi connectivity index (χ1v) is 27.1. The minimum absolute atomic E-state index is 0.0268. The number of aryl methyl sites for hydroxylation is 1. The normalized spacial score (nSPS) is 19.3. The van der Waals surface area contributed by atoms with Crippen LogP contribution in [0.4, 0.5) is 5.82 Å². The van der Waals surface area contributed by atoms with E-state index >= 15 is 0 Å². The highest BCUT2D eigenvalue weighted by molar-refractivity contribution is 7.85. The maximum atomic E-state index is 13.4. The molecule has 22 nitrogen and oxygen atoms in total. The monoisotopic (exact) mass is 1070 g/mol. The van der Waals surface area contributed by atoms with Gasteiger partial charge in [0.25, 0.3) is 33.7 Å². The van der Waals surface area contributed by atoms with Crippen molar-refractivity contribution in [2.24, 2.45) is 15.4 Å². The van der Waals surface area contributed by atoms with E-state index in [4.69, 9.17) is 29.2 Å². The van der Waals surface area contributed by atoms with E-state index in [1.807, 2.05) is 52.0 Å². The summed E-state index contributed by atoms with van der Waals surface area (Å²) in [5.74, 6) is -2.41. The molecule has 1 aromatic carbocycles. The van der Waals surface area contributed by atoms with Crippen LogP contribution in [0.1, 0.15) is 98.9 Å². The fourth-order valence-electron chi connectivity index (χ4n) is 8.94. The largest absolute Gasteiger partial charge is 0.748 e. The number of hydrogen-bond donors (Lipinski definition) is 1. The maximum absolute atomic E-state index is 13.4. The summed E-state index contributed by atoms with van der Waals surface area (Å²) in [6, 6.07) is 7.70. The average molecular weight is 1070 g/mol. The molecule has 75 heavy (non-hydrogen) atoms. The van der Waals surface area contributed by atoms with Crippen LogP contribution in [0.3, 0.4) is 0 Å². The second kappa shape index (κ2) is 22.1. The molecule has 0 spiro atoms. The summed E-state index contributed by atoms with van der Waals surface area (Å²) in [6.07, 6.45) is 14.0. The number of imide groups is 1. The Balaban J connectivity index is 1.28. The van der Waals surface area contributed by atoms with Gasteiger partial charge >= 0.3 is 11.8 Å². The van der Waals surface area contributed by atoms with Crippen molar-refractivity contribution in [1.82, 2.24) is 20.1 Å². The topological polar surface area (TPSA) is 275 Å². The number of pyridine rings is 1. The summed E-state index contributed by atoms with van der Waals surface area (Å²) >= 11 is 0. The fraction of sp³-hybridized carbons (Fsp3) is 0.412. The van der Waals surface area contributed by atoms with Crippen molar-refractivity contribution in [2.45, 2.75) is 84.6 Å². The number of ether oxygens (including phenoxy) is 1. The Morgan fingerprint density at radius 1 is 0.853 bits per heavy atom. The molecule has 0 radical (unpaired) electrons. The minimum atomic E-state index is -4.52. The number of amidine groups is 1. The molecule has 5 aliphatic rings. The quantitative estimate of drug-likeness (QED) is 0.0850. The number of amides is 4. The summed E-state index contributed by atoms with van der Waals surface area (Å²) in [4.78, 5) is 91.2. The molecule has 0 unspecified atom stereocenters. The van der Waals surface area contributed by atoms with Gasteiger partial charge in [-0.2, -0.15) is 8.42 Å². The van der Waals surface area contributed by atoms with Crippen LogP contribution in [0.5, 0.6) is 5.75 Å². The van der Waals surface area contributed by atoms with Crippen molar-refractivity contribution < 1.29 is 73.7 Å². The number of carbonyl (C=O) groups is 5. The summed E-state index contributed by atoms with van der Waals surface area (Å²) in [7, 11) is -3.16. The van der Waals surface area contributed by atoms with Gasteiger partial charge in [-0.25, -0.2) is 32.9 Å². The Hall–Kier alpha value is -6.96. The number of likely N-dealkylation sites (N-methyl/N-ethyl adjacent to an activating group) is 1. The molecule has 400 valence electrons. The number of carbonyl (C=O) groups excluding carboxylic acids is 5. The van der Waals surface area contributed by atoms with Gasteiger partial charge in [0, 0.05) is 56.4 Å². The zero-order valence-electron chi connectivity index (χ0n) is 42.8. The standard InChI is InChI=1S/C51H59N7O15S2/c1-50(2)38-28-35(47(61)54(5)70-7)30-56(24-10-26-74(64,65)66)45(38)52-40(50)20-16-32-12-9-13-33(44(32)72-37-18-14-34(15-19-37)49(63)73-58-42(59)22-23-43(58)60)17-21-41-51(3,4)39-29-36(48(62)55(6)71-8)31-57(46(39)53-41)25-11-27-75(67,68)69/h14-21,28-31H,9-13,22-27H2,1-8H3,(H-,64,65,66,67,68,69). The van der Waals surface area contributed by atoms with Crippen molar-refractivity contribution in [1.29, 1.82) is 0 Å². The van der Waals surface area contributed by atoms with E-state index in [0.29, 0.717) is 70.0 Å². The molecular weight excluding hydrogens is 1010 g/mol. The molecule has 7 rings (SSSR count). The number of rotatable bonds is 19. The van der Waals surface area contributed by atoms with Crippen LogP contribution in [-0.2, 0) is 61.1 Å². The van der Waals surface area contributed by atoms with Crippen molar-refractivity contribution in [3.63, 3.8) is 0 Å². The van der Waals surface area contributed by atoms with Gasteiger partial charge in [0.15, 0.2) is 5.71 Å². The smallest absolute Gasteiger partial charge is 0.363 e. The van der Waals surface area contributed by atoms with Gasteiger partial charge in [0.1, 0.15) is 23.5 Å². The molecule has 1 fully saturated rings. The lowest BCUT2D eigenvalue weighted by Gasteiger charge is -2.31. The van der Waals surface area contributed by atoms with E-state index in [2.05, 4.69) is 0 Å². The van der Waals surface area contributed by atoms with Crippen molar-refractivity contribution >= 4 is 67.2 Å². The third-order valence-corrected chi connectivity index (χ3v) is 14.9. The third kappa shape index (κ3) is 12.6. The first-order valence-electron chi connectivity index (χ1n) is 23.9. The van der Waals surface area contributed by atoms with Crippen LogP contribution >= 0.6 is 0 Å². The number of hydrogen-bond acceptors (Lipinski definition) is 17. The van der Waals surface area contributed by atoms with Crippen molar-refractivity contribution in [3.05, 3.63) is 124 Å². The van der Waals surface area contributed by atoms with Gasteiger partial charge in [0.2, 0.25) is 0 Å². The van der Waals surface area contributed by atoms with Crippen LogP contribution in [0.25, 0.3) is 0 Å². The minimum Gasteiger partial charge on any atom is -0.748 e. The lowest BCUT2D eigenvalue weighted by Crippen LogP contribution is -2.38. The number of allylic oxidation sites excluding steroid dienone is 7. The van der Waals surface area contributed by atoms with E-state index in [1.54, 1.807) is 46.1 Å². The maximum Gasteiger partial charge on any atom is 0.363 e. The van der Waals surface area contributed by atoms with Gasteiger partial charge in [-0.1, -0.05) is 26.0 Å². The molecule has 1 saturated heterocycles. The molecule has 0 atom stereocenters. The van der Waals surface area contributed by atoms with Gasteiger partial charge in [-0.05, 0) is 111 Å². The Bertz CT molecular complexity index is 3190. The molecule has 4 amide bonds. The molecule has 1 aliphatic carbocycles. The second-order valence-corrected chi connectivity index (χ2v) is 22.4. The number of aromatic nitrogens is 1. The Kier molecular flexibility index (Phi) is 16.4. The number of nitrogens with zero attached hydrogens (tertiary/aromatic N) is 7. The number of benzene rings is 1. The molecule has 4 aliphatic heterocycles. The predicted molar refractivity (Wildman–Crippen MR) is 270 cm³/mol. The first kappa shape index (κ1) is 55.8. The SMILES string of the molecule is CON(C)C(=O)C1=CN(CCCS(=O)(=O)O)C2=N/C(=C/C=C3\CCCC(/C=C/C4=Nc5c(cc(C(=O)N(C)OC)c[n+]5CCCS(=O)(=O)[O-])C4(C)C)=C3Oc3ccc(C(=O)ON4C(=O)CCC4=O)cc3)C(C)(C)C2=C1. The van der Waals surface area contributed by atoms with Crippen LogP contribution in [0.15, 0.2) is 117 Å². The fourth-order valence-corrected chi connectivity index (χ4v) is 9.92. The van der Waals surface area contributed by atoms with Crippen LogP contribution < -0.4 is 9.30 Å². The third-order valence-electron chi connectivity index (χ3n) is 13.4. The molecule has 0 saturated carbocycles. The predicted octanol–water partition coefficient (Wildman–Crippen LogP) is 4.87. The number of fused-ring (bicyclic) bond motifs is 2. The summed E-state index contributed by atoms with van der Waals surface area (Å²) in [6.45, 7) is 7.95. The van der Waals surface area contributed by atoms with E-state index in [0.717, 1.165) is 21.3 Å². The van der Waals surface area contributed by atoms with Crippen LogP contribution in [-0.4, -0.2) is 134 Å². The van der Waals surface area contributed by atoms with E-state index < -0.39 is 72.2 Å². The van der Waals surface area contributed by atoms with Crippen molar-refractivity contribution in [2.75, 3.05) is 46.4 Å². The van der Waals surface area contributed by atoms with E-state index in [-0.39, 0.29) is 55.5 Å². The molecule has 0 bridgehead atoms. The second-order valence-electron chi connectivity index (χ2n) is 19.3. The van der Waals surface area contributed by atoms with Gasteiger partial charge in [-0.3, -0.25) is 33.4 Å². The van der Waals surface area contributed by atoms with Gasteiger partial charge < -0.3 is 19.0 Å². The highest BCUT2D eigenvalue weighted by Gasteiger charge is 2.44. The van der Waals surface area contributed by atoms with Crippen molar-refractivity contribution in [3.8, 4) is 5.75 Å². The zero-order valence-corrected chi connectivity index (χ0v) is 44.4. The molecular formula is C51H59N7O15S2. The summed E-state index contributed by atoms with van der Waals surface area (Å²) < 4.78 is 75.9. The lowest BCUT2D eigenvalue weighted by atomic mass is 9.80. The molecule has 1 N–H and O–H groups in total. The molecule has 2 aromatic rings. The first-order chi connectivity index (χ1) is 35.2. The highest BCUT2D eigenvalue weighted by atomic mass is 32.2. The lowest BCUT2D eigenvalue weighted by molar-refractivity contribution is -0.684. The Morgan fingerprint density at radius 3 is 2.16 bits per heavy atom.